The Balaban J connectivity index is 1.84. The van der Waals surface area contributed by atoms with Crippen molar-refractivity contribution in [1.29, 1.82) is 0 Å². The van der Waals surface area contributed by atoms with E-state index in [-0.39, 0.29) is 29.2 Å². The summed E-state index contributed by atoms with van der Waals surface area (Å²) in [5.41, 5.74) is 1.73. The van der Waals surface area contributed by atoms with Gasteiger partial charge in [0.25, 0.3) is 5.91 Å². The van der Waals surface area contributed by atoms with Crippen LogP contribution in [0.15, 0.2) is 18.3 Å². The molecule has 34 heavy (non-hydrogen) atoms. The van der Waals surface area contributed by atoms with Crippen LogP contribution >= 0.6 is 22.9 Å². The zero-order valence-electron chi connectivity index (χ0n) is 20.2. The highest BCUT2D eigenvalue weighted by Crippen LogP contribution is 2.44. The molecule has 9 heteroatoms. The zero-order chi connectivity index (χ0) is 25.0. The molecule has 0 aromatic carbocycles. The number of carbonyl (C=O) groups excluding carboxylic acids is 3. The molecule has 1 aliphatic carbocycles. The fourth-order valence-corrected chi connectivity index (χ4v) is 5.57. The van der Waals surface area contributed by atoms with Crippen LogP contribution in [0, 0.1) is 11.3 Å². The second-order valence-electron chi connectivity index (χ2n) is 9.39. The Bertz CT molecular complexity index is 1080. The normalized spacial score (nSPS) is 16.4. The topological polar surface area (TPSA) is 94.6 Å². The Hall–Kier alpha value is -2.45. The lowest BCUT2D eigenvalue weighted by Crippen LogP contribution is -2.32. The number of hydrogen-bond acceptors (Lipinski definition) is 7. The Kier molecular flexibility index (Phi) is 8.36. The number of hydrogen-bond donors (Lipinski definition) is 1. The maximum absolute atomic E-state index is 13.1. The zero-order valence-corrected chi connectivity index (χ0v) is 21.8. The number of aromatic nitrogens is 1. The molecule has 0 aliphatic heterocycles. The number of rotatable bonds is 7. The molecule has 0 saturated carbocycles. The van der Waals surface area contributed by atoms with E-state index >= 15 is 0 Å². The van der Waals surface area contributed by atoms with Crippen molar-refractivity contribution in [3.63, 3.8) is 0 Å². The predicted octanol–water partition coefficient (Wildman–Crippen LogP) is 5.70. The van der Waals surface area contributed by atoms with Gasteiger partial charge in [0.05, 0.1) is 17.7 Å². The molecule has 1 aliphatic rings. The van der Waals surface area contributed by atoms with Crippen molar-refractivity contribution in [2.75, 3.05) is 11.9 Å². The number of ether oxygens (including phenoxy) is 2. The number of esters is 2. The van der Waals surface area contributed by atoms with Gasteiger partial charge in [-0.2, -0.15) is 0 Å². The molecule has 0 saturated heterocycles. The van der Waals surface area contributed by atoms with E-state index in [1.165, 1.54) is 29.7 Å². The molecule has 2 aromatic heterocycles. The van der Waals surface area contributed by atoms with Crippen LogP contribution in [0.5, 0.6) is 0 Å². The molecule has 3 rings (SSSR count). The van der Waals surface area contributed by atoms with Crippen LogP contribution in [0.25, 0.3) is 0 Å². The fraction of sp³-hybridized carbons (Fsp3) is 0.520. The summed E-state index contributed by atoms with van der Waals surface area (Å²) >= 11 is 7.26. The molecule has 0 spiro atoms. The van der Waals surface area contributed by atoms with Crippen LogP contribution in [-0.4, -0.2) is 35.5 Å². The number of anilines is 1. The molecule has 0 radical (unpaired) electrons. The number of pyridine rings is 1. The number of nitrogens with zero attached hydrogens (tertiary/aromatic N) is 1. The Morgan fingerprint density at radius 3 is 2.62 bits per heavy atom. The number of nitrogens with one attached hydrogen (secondary N) is 1. The third-order valence-electron chi connectivity index (χ3n) is 6.08. The highest BCUT2D eigenvalue weighted by Gasteiger charge is 2.35. The molecule has 2 heterocycles. The average Bonchev–Trinajstić information content (AvgIpc) is 3.13. The molecule has 0 bridgehead atoms. The molecule has 2 atom stereocenters. The monoisotopic (exact) mass is 506 g/mol. The average molecular weight is 507 g/mol. The lowest BCUT2D eigenvalue weighted by Gasteiger charge is -2.33. The fourth-order valence-electron chi connectivity index (χ4n) is 4.07. The molecular weight excluding hydrogens is 476 g/mol. The van der Waals surface area contributed by atoms with Crippen LogP contribution in [0.3, 0.4) is 0 Å². The number of halogens is 1. The Morgan fingerprint density at radius 2 is 2.00 bits per heavy atom. The first-order valence-electron chi connectivity index (χ1n) is 11.5. The van der Waals surface area contributed by atoms with E-state index in [0.29, 0.717) is 16.5 Å². The number of carbonyl (C=O) groups is 3. The molecule has 2 aromatic rings. The van der Waals surface area contributed by atoms with Gasteiger partial charge in [0.1, 0.15) is 10.2 Å². The van der Waals surface area contributed by atoms with E-state index in [2.05, 4.69) is 31.1 Å². The summed E-state index contributed by atoms with van der Waals surface area (Å²) in [6.07, 6.45) is 3.20. The van der Waals surface area contributed by atoms with Crippen LogP contribution in [-0.2, 0) is 27.1 Å². The summed E-state index contributed by atoms with van der Waals surface area (Å²) in [6.45, 7) is 10.4. The van der Waals surface area contributed by atoms with Crippen LogP contribution in [0.2, 0.25) is 5.15 Å². The van der Waals surface area contributed by atoms with Crippen molar-refractivity contribution in [2.24, 2.45) is 11.3 Å². The highest BCUT2D eigenvalue weighted by atomic mass is 35.5. The first kappa shape index (κ1) is 26.2. The molecule has 184 valence electrons. The lowest BCUT2D eigenvalue weighted by molar-refractivity contribution is -0.124. The van der Waals surface area contributed by atoms with Crippen molar-refractivity contribution in [3.8, 4) is 0 Å². The SMILES string of the molecule is CCOC(=O)c1c(NC(=O)C(CC)OC(=O)c2ccnc(Cl)c2)sc2c1CCC(C(C)(C)C)C2. The summed E-state index contributed by atoms with van der Waals surface area (Å²) in [4.78, 5) is 43.3. The molecular formula is C25H31ClN2O5S. The van der Waals surface area contributed by atoms with Gasteiger partial charge in [-0.1, -0.05) is 39.3 Å². The summed E-state index contributed by atoms with van der Waals surface area (Å²) in [7, 11) is 0. The van der Waals surface area contributed by atoms with Gasteiger partial charge >= 0.3 is 11.9 Å². The third-order valence-corrected chi connectivity index (χ3v) is 7.46. The van der Waals surface area contributed by atoms with Gasteiger partial charge < -0.3 is 14.8 Å². The van der Waals surface area contributed by atoms with Crippen LogP contribution in [0.4, 0.5) is 5.00 Å². The summed E-state index contributed by atoms with van der Waals surface area (Å²) < 4.78 is 10.7. The van der Waals surface area contributed by atoms with Gasteiger partial charge in [0, 0.05) is 11.1 Å². The van der Waals surface area contributed by atoms with E-state index in [0.717, 1.165) is 29.7 Å². The second-order valence-corrected chi connectivity index (χ2v) is 10.9. The lowest BCUT2D eigenvalue weighted by atomic mass is 9.72. The second kappa shape index (κ2) is 10.9. The minimum Gasteiger partial charge on any atom is -0.462 e. The van der Waals surface area contributed by atoms with Gasteiger partial charge in [0.15, 0.2) is 6.10 Å². The molecule has 2 unspecified atom stereocenters. The Labute approximate surface area is 209 Å². The van der Waals surface area contributed by atoms with Crippen molar-refractivity contribution < 1.29 is 23.9 Å². The first-order chi connectivity index (χ1) is 16.0. The smallest absolute Gasteiger partial charge is 0.341 e. The van der Waals surface area contributed by atoms with Gasteiger partial charge in [-0.3, -0.25) is 4.79 Å². The number of thiophene rings is 1. The van der Waals surface area contributed by atoms with Crippen molar-refractivity contribution in [1.82, 2.24) is 4.98 Å². The molecule has 7 nitrogen and oxygen atoms in total. The summed E-state index contributed by atoms with van der Waals surface area (Å²) in [5, 5.41) is 3.45. The van der Waals surface area contributed by atoms with Crippen LogP contribution in [0.1, 0.15) is 78.6 Å². The van der Waals surface area contributed by atoms with E-state index in [9.17, 15) is 14.4 Å². The summed E-state index contributed by atoms with van der Waals surface area (Å²) in [5.74, 6) is -1.13. The van der Waals surface area contributed by atoms with Gasteiger partial charge in [-0.05, 0) is 61.6 Å². The minimum absolute atomic E-state index is 0.145. The molecule has 0 fully saturated rings. The van der Waals surface area contributed by atoms with E-state index < -0.39 is 23.9 Å². The minimum atomic E-state index is -1.03. The van der Waals surface area contributed by atoms with E-state index in [1.54, 1.807) is 13.8 Å². The predicted molar refractivity (Wildman–Crippen MR) is 133 cm³/mol. The summed E-state index contributed by atoms with van der Waals surface area (Å²) in [6, 6.07) is 2.85. The largest absolute Gasteiger partial charge is 0.462 e. The molecule has 1 amide bonds. The maximum atomic E-state index is 13.1. The van der Waals surface area contributed by atoms with Gasteiger partial charge in [-0.15, -0.1) is 11.3 Å². The van der Waals surface area contributed by atoms with Crippen molar-refractivity contribution in [2.45, 2.75) is 66.4 Å². The number of fused-ring (bicyclic) bond motifs is 1. The first-order valence-corrected chi connectivity index (χ1v) is 12.7. The van der Waals surface area contributed by atoms with Gasteiger partial charge in [0.2, 0.25) is 0 Å². The molecule has 1 N–H and O–H groups in total. The van der Waals surface area contributed by atoms with Gasteiger partial charge in [-0.25, -0.2) is 14.6 Å². The van der Waals surface area contributed by atoms with Crippen LogP contribution < -0.4 is 5.32 Å². The number of amides is 1. The maximum Gasteiger partial charge on any atom is 0.341 e. The standard InChI is InChI=1S/C25H31ClN2O5S/c1-6-17(33-23(30)14-10-11-27-19(26)12-14)21(29)28-22-20(24(31)32-7-2)16-9-8-15(25(3,4)5)13-18(16)34-22/h10-12,15,17H,6-9,13H2,1-5H3,(H,28,29). The van der Waals surface area contributed by atoms with Crippen molar-refractivity contribution >= 4 is 45.8 Å². The van der Waals surface area contributed by atoms with E-state index in [1.807, 2.05) is 0 Å². The van der Waals surface area contributed by atoms with Crippen molar-refractivity contribution in [3.05, 3.63) is 45.1 Å². The highest BCUT2D eigenvalue weighted by molar-refractivity contribution is 7.17. The quantitative estimate of drug-likeness (QED) is 0.382. The van der Waals surface area contributed by atoms with E-state index in [4.69, 9.17) is 21.1 Å². The third kappa shape index (κ3) is 5.96. The Morgan fingerprint density at radius 1 is 1.26 bits per heavy atom.